The Morgan fingerprint density at radius 2 is 1.91 bits per heavy atom. The van der Waals surface area contributed by atoms with Crippen LogP contribution in [0.1, 0.15) is 13.3 Å². The van der Waals surface area contributed by atoms with Gasteiger partial charge in [0, 0.05) is 12.5 Å². The molecule has 0 aliphatic heterocycles. The monoisotopic (exact) mass is 159 g/mol. The normalized spacial score (nSPS) is 12.5. The summed E-state index contributed by atoms with van der Waals surface area (Å²) in [7, 11) is 0. The van der Waals surface area contributed by atoms with E-state index in [1.807, 2.05) is 0 Å². The molecule has 5 nitrogen and oxygen atoms in total. The molecule has 1 atom stereocenters. The minimum Gasteiger partial charge on any atom is -0.370 e. The van der Waals surface area contributed by atoms with Gasteiger partial charge in [0.25, 0.3) is 0 Å². The Morgan fingerprint density at radius 1 is 1.36 bits per heavy atom. The molecule has 0 aliphatic carbocycles. The number of carbonyl (C=O) groups is 2. The molecule has 0 saturated carbocycles. The Labute approximate surface area is 65.1 Å². The molecule has 0 saturated heterocycles. The first kappa shape index (κ1) is 9.90. The average molecular weight is 159 g/mol. The summed E-state index contributed by atoms with van der Waals surface area (Å²) in [4.78, 5) is 20.6. The van der Waals surface area contributed by atoms with Crippen molar-refractivity contribution in [2.24, 2.45) is 11.5 Å². The lowest BCUT2D eigenvalue weighted by Crippen LogP contribution is -2.37. The van der Waals surface area contributed by atoms with E-state index in [0.29, 0.717) is 0 Å². The fourth-order valence-corrected chi connectivity index (χ4v) is 0.649. The van der Waals surface area contributed by atoms with E-state index in [9.17, 15) is 9.59 Å². The number of amides is 2. The van der Waals surface area contributed by atoms with Crippen LogP contribution < -0.4 is 16.8 Å². The van der Waals surface area contributed by atoms with Gasteiger partial charge in [0.05, 0.1) is 6.54 Å². The third kappa shape index (κ3) is 6.79. The predicted octanol–water partition coefficient (Wildman–Crippen LogP) is -1.67. The van der Waals surface area contributed by atoms with Gasteiger partial charge in [-0.3, -0.25) is 9.59 Å². The first-order chi connectivity index (χ1) is 5.02. The molecule has 0 fully saturated rings. The second-order valence-corrected chi connectivity index (χ2v) is 2.42. The molecular formula is C6H13N3O2. The highest BCUT2D eigenvalue weighted by molar-refractivity contribution is 5.76. The van der Waals surface area contributed by atoms with E-state index in [4.69, 9.17) is 11.5 Å². The van der Waals surface area contributed by atoms with E-state index in [2.05, 4.69) is 5.32 Å². The second-order valence-electron chi connectivity index (χ2n) is 2.42. The van der Waals surface area contributed by atoms with E-state index in [1.165, 1.54) is 0 Å². The van der Waals surface area contributed by atoms with Crippen molar-refractivity contribution in [2.45, 2.75) is 19.4 Å². The van der Waals surface area contributed by atoms with Crippen molar-refractivity contribution in [1.29, 1.82) is 0 Å². The van der Waals surface area contributed by atoms with E-state index >= 15 is 0 Å². The van der Waals surface area contributed by atoms with E-state index in [-0.39, 0.29) is 19.0 Å². The molecule has 0 radical (unpaired) electrons. The number of rotatable bonds is 5. The maximum atomic E-state index is 10.3. The molecule has 0 aromatic rings. The highest BCUT2D eigenvalue weighted by Crippen LogP contribution is 1.86. The minimum absolute atomic E-state index is 0.0778. The first-order valence-electron chi connectivity index (χ1n) is 3.32. The standard InChI is InChI=1S/C6H13N3O2/c1-4(2-5(7)10)9-3-6(8)11/h4,9H,2-3H2,1H3,(H2,7,10)(H2,8,11)/t4-/m1/s1. The second kappa shape index (κ2) is 4.68. The number of nitrogens with two attached hydrogens (primary N) is 2. The van der Waals surface area contributed by atoms with Crippen LogP contribution in [0.25, 0.3) is 0 Å². The van der Waals surface area contributed by atoms with Gasteiger partial charge in [0.1, 0.15) is 0 Å². The van der Waals surface area contributed by atoms with Crippen LogP contribution in [-0.4, -0.2) is 24.4 Å². The van der Waals surface area contributed by atoms with Gasteiger partial charge in [-0.1, -0.05) is 0 Å². The lowest BCUT2D eigenvalue weighted by Gasteiger charge is -2.08. The highest BCUT2D eigenvalue weighted by Gasteiger charge is 2.05. The molecule has 5 N–H and O–H groups in total. The van der Waals surface area contributed by atoms with Crippen molar-refractivity contribution in [2.75, 3.05) is 6.54 Å². The summed E-state index contributed by atoms with van der Waals surface area (Å²) < 4.78 is 0. The molecule has 0 heterocycles. The van der Waals surface area contributed by atoms with Crippen LogP contribution in [0.3, 0.4) is 0 Å². The van der Waals surface area contributed by atoms with Crippen molar-refractivity contribution in [3.8, 4) is 0 Å². The van der Waals surface area contributed by atoms with Crippen LogP contribution in [0.4, 0.5) is 0 Å². The van der Waals surface area contributed by atoms with Gasteiger partial charge in [-0.25, -0.2) is 0 Å². The van der Waals surface area contributed by atoms with Gasteiger partial charge in [-0.15, -0.1) is 0 Å². The molecule has 0 aromatic carbocycles. The zero-order valence-corrected chi connectivity index (χ0v) is 6.46. The molecule has 0 rings (SSSR count). The summed E-state index contributed by atoms with van der Waals surface area (Å²) in [6.45, 7) is 1.84. The summed E-state index contributed by atoms with van der Waals surface area (Å²) in [5.74, 6) is -0.837. The molecule has 2 amide bonds. The van der Waals surface area contributed by atoms with E-state index < -0.39 is 11.8 Å². The molecule has 0 unspecified atom stereocenters. The summed E-state index contributed by atoms with van der Waals surface area (Å²) in [5, 5.41) is 2.74. The summed E-state index contributed by atoms with van der Waals surface area (Å²) in [6.07, 6.45) is 0.216. The van der Waals surface area contributed by atoms with Crippen molar-refractivity contribution < 1.29 is 9.59 Å². The van der Waals surface area contributed by atoms with E-state index in [1.54, 1.807) is 6.92 Å². The van der Waals surface area contributed by atoms with Gasteiger partial charge < -0.3 is 16.8 Å². The minimum atomic E-state index is -0.443. The van der Waals surface area contributed by atoms with Crippen molar-refractivity contribution in [1.82, 2.24) is 5.32 Å². The van der Waals surface area contributed by atoms with E-state index in [0.717, 1.165) is 0 Å². The Morgan fingerprint density at radius 3 is 2.27 bits per heavy atom. The number of nitrogens with one attached hydrogen (secondary N) is 1. The fraction of sp³-hybridized carbons (Fsp3) is 0.667. The summed E-state index contributed by atoms with van der Waals surface area (Å²) in [5.41, 5.74) is 9.76. The van der Waals surface area contributed by atoms with Gasteiger partial charge in [0.15, 0.2) is 0 Å². The Balaban J connectivity index is 3.44. The van der Waals surface area contributed by atoms with Gasteiger partial charge >= 0.3 is 0 Å². The van der Waals surface area contributed by atoms with Crippen LogP contribution in [0.15, 0.2) is 0 Å². The number of carbonyl (C=O) groups excluding carboxylic acids is 2. The average Bonchev–Trinajstić information content (AvgIpc) is 1.82. The van der Waals surface area contributed by atoms with Crippen molar-refractivity contribution >= 4 is 11.8 Å². The number of hydrogen-bond donors (Lipinski definition) is 3. The lowest BCUT2D eigenvalue weighted by molar-refractivity contribution is -0.119. The van der Waals surface area contributed by atoms with Gasteiger partial charge in [-0.2, -0.15) is 0 Å². The lowest BCUT2D eigenvalue weighted by atomic mass is 10.2. The third-order valence-corrected chi connectivity index (χ3v) is 1.13. The molecule has 0 bridgehead atoms. The molecule has 11 heavy (non-hydrogen) atoms. The molecular weight excluding hydrogens is 146 g/mol. The SMILES string of the molecule is C[C@H](CC(N)=O)NCC(N)=O. The Kier molecular flexibility index (Phi) is 4.21. The molecule has 0 aliphatic rings. The van der Waals surface area contributed by atoms with Crippen LogP contribution in [0.5, 0.6) is 0 Å². The van der Waals surface area contributed by atoms with Crippen molar-refractivity contribution in [3.63, 3.8) is 0 Å². The quantitative estimate of drug-likeness (QED) is 0.447. The molecule has 0 aromatic heterocycles. The number of hydrogen-bond acceptors (Lipinski definition) is 3. The van der Waals surface area contributed by atoms with Crippen LogP contribution in [0.2, 0.25) is 0 Å². The molecule has 0 spiro atoms. The summed E-state index contributed by atoms with van der Waals surface area (Å²) in [6, 6.07) is -0.0972. The zero-order valence-electron chi connectivity index (χ0n) is 6.46. The van der Waals surface area contributed by atoms with Crippen LogP contribution in [-0.2, 0) is 9.59 Å². The zero-order chi connectivity index (χ0) is 8.85. The third-order valence-electron chi connectivity index (χ3n) is 1.13. The number of primary amides is 2. The molecule has 64 valence electrons. The Hall–Kier alpha value is -1.10. The van der Waals surface area contributed by atoms with Gasteiger partial charge in [-0.05, 0) is 6.92 Å². The Bertz CT molecular complexity index is 158. The maximum Gasteiger partial charge on any atom is 0.231 e. The predicted molar refractivity (Wildman–Crippen MR) is 40.5 cm³/mol. The maximum absolute atomic E-state index is 10.3. The largest absolute Gasteiger partial charge is 0.370 e. The van der Waals surface area contributed by atoms with Crippen LogP contribution >= 0.6 is 0 Å². The smallest absolute Gasteiger partial charge is 0.231 e. The van der Waals surface area contributed by atoms with Crippen molar-refractivity contribution in [3.05, 3.63) is 0 Å². The van der Waals surface area contributed by atoms with Crippen LogP contribution in [0, 0.1) is 0 Å². The molecule has 5 heteroatoms. The fourth-order valence-electron chi connectivity index (χ4n) is 0.649. The summed E-state index contributed by atoms with van der Waals surface area (Å²) >= 11 is 0. The highest BCUT2D eigenvalue weighted by atomic mass is 16.1. The topological polar surface area (TPSA) is 98.2 Å². The first-order valence-corrected chi connectivity index (χ1v) is 3.32. The van der Waals surface area contributed by atoms with Gasteiger partial charge in [0.2, 0.25) is 11.8 Å².